The molecule has 0 atom stereocenters. The van der Waals surface area contributed by atoms with Gasteiger partial charge in [0.05, 0.1) is 6.54 Å². The molecule has 1 aromatic rings. The molecule has 0 aliphatic rings. The Morgan fingerprint density at radius 2 is 2.07 bits per heavy atom. The minimum absolute atomic E-state index is 0.0715. The van der Waals surface area contributed by atoms with Crippen molar-refractivity contribution in [3.63, 3.8) is 0 Å². The van der Waals surface area contributed by atoms with Crippen LogP contribution in [0.15, 0.2) is 30.3 Å². The van der Waals surface area contributed by atoms with Crippen molar-refractivity contribution >= 4 is 12.3 Å². The zero-order valence-electron chi connectivity index (χ0n) is 8.09. The second-order valence-electron chi connectivity index (χ2n) is 2.89. The van der Waals surface area contributed by atoms with E-state index in [1.54, 1.807) is 24.3 Å². The van der Waals surface area contributed by atoms with Crippen LogP contribution in [0, 0.1) is 0 Å². The lowest BCUT2D eigenvalue weighted by Crippen LogP contribution is -2.32. The van der Waals surface area contributed by atoms with Crippen LogP contribution in [0.1, 0.15) is 10.4 Å². The first-order valence-electron chi connectivity index (χ1n) is 4.48. The maximum Gasteiger partial charge on any atom is 0.251 e. The van der Waals surface area contributed by atoms with E-state index in [-0.39, 0.29) is 25.4 Å². The molecule has 0 saturated carbocycles. The van der Waals surface area contributed by atoms with E-state index in [2.05, 4.69) is 5.32 Å². The first-order valence-corrected chi connectivity index (χ1v) is 4.48. The lowest BCUT2D eigenvalue weighted by atomic mass is 10.2. The second kappa shape index (κ2) is 5.77. The Labute approximate surface area is 87.3 Å². The van der Waals surface area contributed by atoms with Crippen molar-refractivity contribution in [1.82, 2.24) is 10.4 Å². The highest BCUT2D eigenvalue weighted by atomic mass is 16.5. The minimum Gasteiger partial charge on any atom is -0.350 e. The Morgan fingerprint density at radius 3 is 2.67 bits per heavy atom. The predicted octanol–water partition coefficient (Wildman–Crippen LogP) is 0.264. The number of hydrogen-bond acceptors (Lipinski definition) is 3. The number of nitrogens with one attached hydrogen (secondary N) is 1. The summed E-state index contributed by atoms with van der Waals surface area (Å²) < 4.78 is 0. The fourth-order valence-corrected chi connectivity index (χ4v) is 1.03. The van der Waals surface area contributed by atoms with Gasteiger partial charge in [0.15, 0.2) is 0 Å². The van der Waals surface area contributed by atoms with Crippen LogP contribution in [0.2, 0.25) is 0 Å². The SMILES string of the molecule is O=CN(O)CCNC(=O)c1ccccc1. The Bertz CT molecular complexity index is 327. The number of nitrogens with zero attached hydrogens (tertiary/aromatic N) is 1. The van der Waals surface area contributed by atoms with Crippen LogP contribution in [0.3, 0.4) is 0 Å². The number of hydrogen-bond donors (Lipinski definition) is 2. The summed E-state index contributed by atoms with van der Waals surface area (Å²) in [7, 11) is 0. The van der Waals surface area contributed by atoms with Crippen LogP contribution in [0.5, 0.6) is 0 Å². The number of hydroxylamine groups is 2. The van der Waals surface area contributed by atoms with E-state index in [0.29, 0.717) is 10.6 Å². The third-order valence-corrected chi connectivity index (χ3v) is 1.78. The van der Waals surface area contributed by atoms with Crippen LogP contribution >= 0.6 is 0 Å². The molecule has 0 aliphatic carbocycles. The van der Waals surface area contributed by atoms with Gasteiger partial charge in [0, 0.05) is 12.1 Å². The topological polar surface area (TPSA) is 69.6 Å². The summed E-state index contributed by atoms with van der Waals surface area (Å²) in [5, 5.41) is 11.8. The molecular formula is C10H12N2O3. The standard InChI is InChI=1S/C10H12N2O3/c13-8-12(15)7-6-11-10(14)9-4-2-1-3-5-9/h1-5,8,15H,6-7H2,(H,11,14). The van der Waals surface area contributed by atoms with E-state index < -0.39 is 0 Å². The van der Waals surface area contributed by atoms with Crippen molar-refractivity contribution in [2.75, 3.05) is 13.1 Å². The van der Waals surface area contributed by atoms with Crippen LogP contribution in [-0.4, -0.2) is 35.7 Å². The molecule has 2 amide bonds. The average molecular weight is 208 g/mol. The number of amides is 2. The maximum absolute atomic E-state index is 11.4. The fraction of sp³-hybridized carbons (Fsp3) is 0.200. The minimum atomic E-state index is -0.227. The predicted molar refractivity (Wildman–Crippen MR) is 53.3 cm³/mol. The maximum atomic E-state index is 11.4. The average Bonchev–Trinajstić information content (AvgIpc) is 2.29. The summed E-state index contributed by atoms with van der Waals surface area (Å²) in [6.07, 6.45) is 0.286. The molecule has 0 spiro atoms. The largest absolute Gasteiger partial charge is 0.350 e. The third kappa shape index (κ3) is 3.78. The van der Waals surface area contributed by atoms with Gasteiger partial charge in [-0.15, -0.1) is 0 Å². The smallest absolute Gasteiger partial charge is 0.251 e. The molecule has 0 unspecified atom stereocenters. The highest BCUT2D eigenvalue weighted by Crippen LogP contribution is 1.97. The molecule has 0 aliphatic heterocycles. The Balaban J connectivity index is 2.34. The van der Waals surface area contributed by atoms with Crippen LogP contribution < -0.4 is 5.32 Å². The number of benzene rings is 1. The summed E-state index contributed by atoms with van der Waals surface area (Å²) in [4.78, 5) is 21.4. The molecule has 80 valence electrons. The van der Waals surface area contributed by atoms with Crippen LogP contribution in [0.25, 0.3) is 0 Å². The van der Waals surface area contributed by atoms with E-state index in [9.17, 15) is 9.59 Å². The van der Waals surface area contributed by atoms with E-state index in [4.69, 9.17) is 5.21 Å². The zero-order chi connectivity index (χ0) is 11.1. The van der Waals surface area contributed by atoms with Gasteiger partial charge < -0.3 is 5.32 Å². The van der Waals surface area contributed by atoms with Crippen molar-refractivity contribution in [2.45, 2.75) is 0 Å². The van der Waals surface area contributed by atoms with E-state index in [1.165, 1.54) is 0 Å². The van der Waals surface area contributed by atoms with Gasteiger partial charge in [-0.05, 0) is 12.1 Å². The molecule has 15 heavy (non-hydrogen) atoms. The van der Waals surface area contributed by atoms with Crippen LogP contribution in [0.4, 0.5) is 0 Å². The van der Waals surface area contributed by atoms with Crippen molar-refractivity contribution in [3.8, 4) is 0 Å². The molecule has 2 N–H and O–H groups in total. The Hall–Kier alpha value is -1.88. The first-order chi connectivity index (χ1) is 7.24. The molecule has 1 rings (SSSR count). The second-order valence-corrected chi connectivity index (χ2v) is 2.89. The van der Waals surface area contributed by atoms with E-state index in [1.807, 2.05) is 6.07 Å². The van der Waals surface area contributed by atoms with Gasteiger partial charge in [-0.2, -0.15) is 0 Å². The summed E-state index contributed by atoms with van der Waals surface area (Å²) in [5.41, 5.74) is 0.549. The van der Waals surface area contributed by atoms with Crippen LogP contribution in [-0.2, 0) is 4.79 Å². The number of carbonyl (C=O) groups excluding carboxylic acids is 2. The van der Waals surface area contributed by atoms with Crippen molar-refractivity contribution in [3.05, 3.63) is 35.9 Å². The normalized spacial score (nSPS) is 9.40. The van der Waals surface area contributed by atoms with Gasteiger partial charge >= 0.3 is 0 Å². The van der Waals surface area contributed by atoms with E-state index in [0.717, 1.165) is 0 Å². The molecule has 0 saturated heterocycles. The zero-order valence-corrected chi connectivity index (χ0v) is 8.09. The van der Waals surface area contributed by atoms with Gasteiger partial charge in [-0.3, -0.25) is 14.8 Å². The van der Waals surface area contributed by atoms with E-state index >= 15 is 0 Å². The van der Waals surface area contributed by atoms with Gasteiger partial charge in [0.25, 0.3) is 5.91 Å². The van der Waals surface area contributed by atoms with Crippen molar-refractivity contribution in [2.24, 2.45) is 0 Å². The molecule has 1 aromatic carbocycles. The highest BCUT2D eigenvalue weighted by Gasteiger charge is 2.03. The Morgan fingerprint density at radius 1 is 1.40 bits per heavy atom. The summed E-state index contributed by atoms with van der Waals surface area (Å²) in [5.74, 6) is -0.227. The summed E-state index contributed by atoms with van der Waals surface area (Å²) in [6.45, 7) is 0.283. The molecule has 0 heterocycles. The molecule has 5 heteroatoms. The summed E-state index contributed by atoms with van der Waals surface area (Å²) >= 11 is 0. The van der Waals surface area contributed by atoms with Gasteiger partial charge in [-0.1, -0.05) is 18.2 Å². The lowest BCUT2D eigenvalue weighted by Gasteiger charge is -2.09. The number of carbonyl (C=O) groups is 2. The molecule has 0 bridgehead atoms. The molecule has 0 fully saturated rings. The van der Waals surface area contributed by atoms with Crippen molar-refractivity contribution in [1.29, 1.82) is 0 Å². The Kier molecular flexibility index (Phi) is 4.30. The highest BCUT2D eigenvalue weighted by molar-refractivity contribution is 5.94. The third-order valence-electron chi connectivity index (χ3n) is 1.78. The van der Waals surface area contributed by atoms with Gasteiger partial charge in [0.1, 0.15) is 0 Å². The number of rotatable bonds is 5. The van der Waals surface area contributed by atoms with Gasteiger partial charge in [0.2, 0.25) is 6.41 Å². The summed E-state index contributed by atoms with van der Waals surface area (Å²) in [6, 6.07) is 8.72. The quantitative estimate of drug-likeness (QED) is 0.414. The molecule has 0 aromatic heterocycles. The molecule has 0 radical (unpaired) electrons. The molecular weight excluding hydrogens is 196 g/mol. The van der Waals surface area contributed by atoms with Gasteiger partial charge in [-0.25, -0.2) is 5.06 Å². The molecule has 5 nitrogen and oxygen atoms in total. The first kappa shape index (κ1) is 11.2. The van der Waals surface area contributed by atoms with Crippen molar-refractivity contribution < 1.29 is 14.8 Å². The lowest BCUT2D eigenvalue weighted by molar-refractivity contribution is -0.149. The monoisotopic (exact) mass is 208 g/mol. The fourth-order valence-electron chi connectivity index (χ4n) is 1.03.